The van der Waals surface area contributed by atoms with E-state index in [2.05, 4.69) is 45.5 Å². The van der Waals surface area contributed by atoms with Gasteiger partial charge in [-0.05, 0) is 24.9 Å². The lowest BCUT2D eigenvalue weighted by Crippen LogP contribution is -2.49. The Morgan fingerprint density at radius 3 is 2.84 bits per heavy atom. The molecule has 0 aliphatic carbocycles. The van der Waals surface area contributed by atoms with E-state index in [1.807, 2.05) is 0 Å². The van der Waals surface area contributed by atoms with Gasteiger partial charge in [0.15, 0.2) is 5.96 Å². The van der Waals surface area contributed by atoms with Crippen LogP contribution in [0.25, 0.3) is 0 Å². The van der Waals surface area contributed by atoms with Crippen LogP contribution >= 0.6 is 24.0 Å². The number of hydrogen-bond donors (Lipinski definition) is 2. The van der Waals surface area contributed by atoms with Crippen LogP contribution in [-0.4, -0.2) is 37.0 Å². The van der Waals surface area contributed by atoms with Crippen molar-refractivity contribution >= 4 is 29.9 Å². The molecule has 1 saturated heterocycles. The van der Waals surface area contributed by atoms with Crippen LogP contribution in [0.5, 0.6) is 0 Å². The Morgan fingerprint density at radius 2 is 2.16 bits per heavy atom. The summed E-state index contributed by atoms with van der Waals surface area (Å²) in [6.45, 7) is 3.21. The molecular formula is C14H23IN4. The number of piperidine rings is 1. The molecule has 1 unspecified atom stereocenters. The highest BCUT2D eigenvalue weighted by molar-refractivity contribution is 14.0. The molecule has 1 atom stereocenters. The van der Waals surface area contributed by atoms with Crippen molar-refractivity contribution in [1.29, 1.82) is 0 Å². The van der Waals surface area contributed by atoms with Crippen molar-refractivity contribution in [2.75, 3.05) is 20.1 Å². The highest BCUT2D eigenvalue weighted by Gasteiger charge is 2.19. The normalized spacial score (nSPS) is 20.7. The second kappa shape index (κ2) is 8.37. The van der Waals surface area contributed by atoms with E-state index in [0.29, 0.717) is 12.0 Å². The molecule has 1 aliphatic rings. The molecular weight excluding hydrogens is 351 g/mol. The van der Waals surface area contributed by atoms with Gasteiger partial charge in [-0.1, -0.05) is 30.3 Å². The Bertz CT molecular complexity index is 394. The Kier molecular flexibility index (Phi) is 7.15. The molecule has 0 amide bonds. The molecule has 1 heterocycles. The maximum atomic E-state index is 5.72. The van der Waals surface area contributed by atoms with Gasteiger partial charge < -0.3 is 11.1 Å². The lowest BCUT2D eigenvalue weighted by atomic mass is 10.0. The van der Waals surface area contributed by atoms with Crippen LogP contribution in [-0.2, 0) is 6.54 Å². The Morgan fingerprint density at radius 1 is 1.42 bits per heavy atom. The minimum atomic E-state index is 0. The van der Waals surface area contributed by atoms with E-state index in [-0.39, 0.29) is 24.0 Å². The van der Waals surface area contributed by atoms with Gasteiger partial charge in [0.2, 0.25) is 0 Å². The Hall–Kier alpha value is -0.820. The van der Waals surface area contributed by atoms with E-state index in [1.54, 1.807) is 7.05 Å². The maximum absolute atomic E-state index is 5.72. The average Bonchev–Trinajstić information content (AvgIpc) is 2.40. The number of hydrogen-bond acceptors (Lipinski definition) is 2. The van der Waals surface area contributed by atoms with Gasteiger partial charge in [0, 0.05) is 26.2 Å². The third-order valence-corrected chi connectivity index (χ3v) is 3.35. The molecule has 4 nitrogen and oxygen atoms in total. The number of likely N-dealkylation sites (tertiary alicyclic amines) is 1. The first kappa shape index (κ1) is 16.2. The summed E-state index contributed by atoms with van der Waals surface area (Å²) < 4.78 is 0. The van der Waals surface area contributed by atoms with E-state index >= 15 is 0 Å². The van der Waals surface area contributed by atoms with Crippen LogP contribution in [0.3, 0.4) is 0 Å². The van der Waals surface area contributed by atoms with Crippen molar-refractivity contribution in [3.63, 3.8) is 0 Å². The third kappa shape index (κ3) is 5.36. The molecule has 0 spiro atoms. The van der Waals surface area contributed by atoms with Gasteiger partial charge in [0.1, 0.15) is 0 Å². The molecule has 1 aromatic carbocycles. The van der Waals surface area contributed by atoms with Crippen molar-refractivity contribution in [3.05, 3.63) is 35.9 Å². The molecule has 3 N–H and O–H groups in total. The molecule has 0 bridgehead atoms. The van der Waals surface area contributed by atoms with Gasteiger partial charge >= 0.3 is 0 Å². The van der Waals surface area contributed by atoms with Crippen molar-refractivity contribution in [2.24, 2.45) is 10.7 Å². The minimum absolute atomic E-state index is 0. The molecule has 2 rings (SSSR count). The van der Waals surface area contributed by atoms with Crippen LogP contribution in [0.15, 0.2) is 35.3 Å². The number of benzene rings is 1. The summed E-state index contributed by atoms with van der Waals surface area (Å²) in [5, 5.41) is 3.27. The molecule has 5 heteroatoms. The zero-order chi connectivity index (χ0) is 12.8. The van der Waals surface area contributed by atoms with Crippen molar-refractivity contribution in [1.82, 2.24) is 10.2 Å². The molecule has 0 aromatic heterocycles. The van der Waals surface area contributed by atoms with Crippen LogP contribution in [0, 0.1) is 0 Å². The number of halogens is 1. The van der Waals surface area contributed by atoms with Gasteiger partial charge in [-0.2, -0.15) is 0 Å². The predicted octanol–water partition coefficient (Wildman–Crippen LogP) is 1.80. The standard InChI is InChI=1S/C14H22N4.HI/c1-16-14(15)17-13-8-5-9-18(11-13)10-12-6-3-2-4-7-12;/h2-4,6-7,13H,5,8-11H2,1H3,(H3,15,16,17);1H. The molecule has 0 saturated carbocycles. The van der Waals surface area contributed by atoms with Crippen LogP contribution < -0.4 is 11.1 Å². The molecule has 19 heavy (non-hydrogen) atoms. The molecule has 0 radical (unpaired) electrons. The first-order valence-corrected chi connectivity index (χ1v) is 6.53. The number of nitrogens with two attached hydrogens (primary N) is 1. The summed E-state index contributed by atoms with van der Waals surface area (Å²) in [5.41, 5.74) is 7.09. The Labute approximate surface area is 132 Å². The molecule has 106 valence electrons. The molecule has 1 aliphatic heterocycles. The highest BCUT2D eigenvalue weighted by atomic mass is 127. The third-order valence-electron chi connectivity index (χ3n) is 3.35. The quantitative estimate of drug-likeness (QED) is 0.482. The van der Waals surface area contributed by atoms with Gasteiger partial charge in [-0.15, -0.1) is 24.0 Å². The summed E-state index contributed by atoms with van der Waals surface area (Å²) in [7, 11) is 1.72. The SMILES string of the molecule is CN=C(N)NC1CCCN(Cc2ccccc2)C1.I. The fourth-order valence-corrected chi connectivity index (χ4v) is 2.43. The first-order chi connectivity index (χ1) is 8.78. The van der Waals surface area contributed by atoms with Gasteiger partial charge in [0.05, 0.1) is 0 Å². The van der Waals surface area contributed by atoms with Gasteiger partial charge in [-0.3, -0.25) is 9.89 Å². The van der Waals surface area contributed by atoms with Crippen molar-refractivity contribution in [3.8, 4) is 0 Å². The van der Waals surface area contributed by atoms with Crippen LogP contribution in [0.2, 0.25) is 0 Å². The lowest BCUT2D eigenvalue weighted by Gasteiger charge is -2.33. The van der Waals surface area contributed by atoms with Crippen LogP contribution in [0.1, 0.15) is 18.4 Å². The van der Waals surface area contributed by atoms with Crippen molar-refractivity contribution < 1.29 is 0 Å². The first-order valence-electron chi connectivity index (χ1n) is 6.53. The monoisotopic (exact) mass is 374 g/mol. The van der Waals surface area contributed by atoms with E-state index < -0.39 is 0 Å². The fraction of sp³-hybridized carbons (Fsp3) is 0.500. The maximum Gasteiger partial charge on any atom is 0.188 e. The largest absolute Gasteiger partial charge is 0.370 e. The van der Waals surface area contributed by atoms with Gasteiger partial charge in [0.25, 0.3) is 0 Å². The Balaban J connectivity index is 0.00000180. The van der Waals surface area contributed by atoms with E-state index in [4.69, 9.17) is 5.73 Å². The summed E-state index contributed by atoms with van der Waals surface area (Å²) >= 11 is 0. The zero-order valence-electron chi connectivity index (χ0n) is 11.4. The van der Waals surface area contributed by atoms with E-state index in [1.165, 1.54) is 18.4 Å². The minimum Gasteiger partial charge on any atom is -0.370 e. The lowest BCUT2D eigenvalue weighted by molar-refractivity contribution is 0.193. The van der Waals surface area contributed by atoms with Gasteiger partial charge in [-0.25, -0.2) is 0 Å². The van der Waals surface area contributed by atoms with E-state index in [0.717, 1.165) is 19.6 Å². The average molecular weight is 374 g/mol. The second-order valence-corrected chi connectivity index (χ2v) is 4.81. The number of guanidine groups is 1. The highest BCUT2D eigenvalue weighted by Crippen LogP contribution is 2.13. The summed E-state index contributed by atoms with van der Waals surface area (Å²) in [4.78, 5) is 6.43. The van der Waals surface area contributed by atoms with Crippen LogP contribution in [0.4, 0.5) is 0 Å². The van der Waals surface area contributed by atoms with E-state index in [9.17, 15) is 0 Å². The number of nitrogens with zero attached hydrogens (tertiary/aromatic N) is 2. The second-order valence-electron chi connectivity index (χ2n) is 4.81. The topological polar surface area (TPSA) is 53.6 Å². The number of aliphatic imine (C=N–C) groups is 1. The summed E-state index contributed by atoms with van der Waals surface area (Å²) in [5.74, 6) is 0.543. The molecule has 1 fully saturated rings. The smallest absolute Gasteiger partial charge is 0.188 e. The zero-order valence-corrected chi connectivity index (χ0v) is 13.7. The van der Waals surface area contributed by atoms with Crippen molar-refractivity contribution in [2.45, 2.75) is 25.4 Å². The fourth-order valence-electron chi connectivity index (χ4n) is 2.43. The molecule has 1 aromatic rings. The summed E-state index contributed by atoms with van der Waals surface area (Å²) in [6, 6.07) is 11.0. The number of nitrogens with one attached hydrogen (secondary N) is 1. The number of rotatable bonds is 3. The summed E-state index contributed by atoms with van der Waals surface area (Å²) in [6.07, 6.45) is 2.38. The predicted molar refractivity (Wildman–Crippen MR) is 90.8 cm³/mol.